The van der Waals surface area contributed by atoms with Crippen LogP contribution in [0.5, 0.6) is 5.75 Å². The molecule has 0 bridgehead atoms. The fraction of sp³-hybridized carbons (Fsp3) is 0.379. The number of fused-ring (bicyclic) bond motifs is 1. The van der Waals surface area contributed by atoms with E-state index in [0.29, 0.717) is 35.0 Å². The van der Waals surface area contributed by atoms with Gasteiger partial charge in [-0.05, 0) is 43.3 Å². The number of rotatable bonds is 7. The van der Waals surface area contributed by atoms with Crippen LogP contribution in [0.15, 0.2) is 59.7 Å². The van der Waals surface area contributed by atoms with E-state index >= 15 is 0 Å². The lowest BCUT2D eigenvalue weighted by Gasteiger charge is -2.36. The van der Waals surface area contributed by atoms with Gasteiger partial charge in [-0.15, -0.1) is 0 Å². The number of likely N-dealkylation sites (N-methyl/N-ethyl adjacent to an activating group) is 1. The van der Waals surface area contributed by atoms with Crippen LogP contribution >= 0.6 is 0 Å². The number of nitrogens with one attached hydrogen (secondary N) is 3. The number of nitrogens with two attached hydrogens (primary N) is 1. The van der Waals surface area contributed by atoms with Crippen molar-refractivity contribution < 1.29 is 14.3 Å². The van der Waals surface area contributed by atoms with Crippen molar-refractivity contribution in [2.24, 2.45) is 16.6 Å². The van der Waals surface area contributed by atoms with Crippen molar-refractivity contribution in [2.75, 3.05) is 62.5 Å². The maximum atomic E-state index is 12.8. The van der Waals surface area contributed by atoms with Crippen LogP contribution in [-0.2, 0) is 10.5 Å². The number of ether oxygens (including phenoxy) is 2. The van der Waals surface area contributed by atoms with Crippen molar-refractivity contribution in [3.63, 3.8) is 0 Å². The quantitative estimate of drug-likeness (QED) is 0.341. The molecule has 0 spiro atoms. The summed E-state index contributed by atoms with van der Waals surface area (Å²) in [6.07, 6.45) is 1.82. The second kappa shape index (κ2) is 11.0. The fourth-order valence-electron chi connectivity index (χ4n) is 4.83. The monoisotopic (exact) mass is 531 g/mol. The molecule has 10 nitrogen and oxygen atoms in total. The van der Waals surface area contributed by atoms with Crippen molar-refractivity contribution in [1.82, 2.24) is 9.88 Å². The normalized spacial score (nSPS) is 19.2. The Hall–Kier alpha value is -4.02. The van der Waals surface area contributed by atoms with E-state index in [1.54, 1.807) is 13.2 Å². The molecule has 1 atom stereocenters. The Bertz CT molecular complexity index is 1360. The number of hydrogen-bond donors (Lipinski definition) is 4. The molecule has 2 aromatic carbocycles. The first-order chi connectivity index (χ1) is 18.8. The van der Waals surface area contributed by atoms with Crippen molar-refractivity contribution in [1.29, 1.82) is 0 Å². The number of H-pyrrole nitrogens is 1. The number of piperazine rings is 1. The summed E-state index contributed by atoms with van der Waals surface area (Å²) in [7, 11) is 3.78. The molecule has 10 heteroatoms. The molecule has 0 amide bonds. The maximum Gasteiger partial charge on any atom is 0.340 e. The number of methoxy groups -OCH3 is 1. The summed E-state index contributed by atoms with van der Waals surface area (Å²) in [6, 6.07) is 15.2. The minimum absolute atomic E-state index is 0.236. The highest BCUT2D eigenvalue weighted by atomic mass is 16.5. The number of anilines is 3. The summed E-state index contributed by atoms with van der Waals surface area (Å²) < 4.78 is 11.3. The number of carbonyl (C=O) groups is 1. The van der Waals surface area contributed by atoms with Gasteiger partial charge in [0.25, 0.3) is 0 Å². The first-order valence-electron chi connectivity index (χ1n) is 13.3. The van der Waals surface area contributed by atoms with E-state index in [1.807, 2.05) is 56.4 Å². The smallest absolute Gasteiger partial charge is 0.340 e. The zero-order chi connectivity index (χ0) is 27.6. The third kappa shape index (κ3) is 5.57. The predicted octanol–water partition coefficient (Wildman–Crippen LogP) is 3.64. The molecule has 5 rings (SSSR count). The van der Waals surface area contributed by atoms with Crippen LogP contribution in [0.3, 0.4) is 0 Å². The highest BCUT2D eigenvalue weighted by Crippen LogP contribution is 2.38. The maximum absolute atomic E-state index is 12.8. The molecule has 1 saturated heterocycles. The van der Waals surface area contributed by atoms with Crippen LogP contribution in [0.1, 0.15) is 35.5 Å². The Kier molecular flexibility index (Phi) is 7.49. The van der Waals surface area contributed by atoms with Crippen LogP contribution in [0.4, 0.5) is 17.1 Å². The molecule has 1 aromatic heterocycles. The second-order valence-electron chi connectivity index (χ2n) is 10.5. The Morgan fingerprint density at radius 3 is 2.67 bits per heavy atom. The van der Waals surface area contributed by atoms with Crippen LogP contribution < -0.4 is 26.0 Å². The number of aliphatic imine (C=N–C) groups is 1. The topological polar surface area (TPSA) is 120 Å². The van der Waals surface area contributed by atoms with E-state index in [1.165, 1.54) is 0 Å². The summed E-state index contributed by atoms with van der Waals surface area (Å²) in [5.41, 5.74) is 11.2. The van der Waals surface area contributed by atoms with Gasteiger partial charge in [0.15, 0.2) is 5.84 Å². The molecule has 0 aliphatic carbocycles. The minimum Gasteiger partial charge on any atom is -0.496 e. The van der Waals surface area contributed by atoms with Gasteiger partial charge in [-0.2, -0.15) is 0 Å². The SMILES string of the molecule is COc1cc(N2CCN(C)CC2)ccc1C1(N)N=C(Nc2ccccc2C(=O)OCC(C)C)c2[nH]ccc2N1. The minimum atomic E-state index is -1.32. The van der Waals surface area contributed by atoms with Gasteiger partial charge in [0.05, 0.1) is 36.2 Å². The summed E-state index contributed by atoms with van der Waals surface area (Å²) in [5, 5.41) is 6.70. The van der Waals surface area contributed by atoms with Gasteiger partial charge in [-0.1, -0.05) is 26.0 Å². The average Bonchev–Trinajstić information content (AvgIpc) is 3.40. The molecule has 3 heterocycles. The Morgan fingerprint density at radius 1 is 1.15 bits per heavy atom. The lowest BCUT2D eigenvalue weighted by Crippen LogP contribution is -2.47. The number of benzene rings is 2. The highest BCUT2D eigenvalue weighted by molar-refractivity contribution is 6.13. The first-order valence-corrected chi connectivity index (χ1v) is 13.3. The van der Waals surface area contributed by atoms with E-state index in [-0.39, 0.29) is 5.92 Å². The molecule has 2 aliphatic heterocycles. The summed E-state index contributed by atoms with van der Waals surface area (Å²) in [4.78, 5) is 25.7. The van der Waals surface area contributed by atoms with Gasteiger partial charge in [-0.3, -0.25) is 5.73 Å². The zero-order valence-electron chi connectivity index (χ0n) is 23.0. The zero-order valence-corrected chi connectivity index (χ0v) is 23.0. The number of aromatic nitrogens is 1. The molecule has 39 heavy (non-hydrogen) atoms. The van der Waals surface area contributed by atoms with E-state index in [0.717, 1.165) is 43.2 Å². The van der Waals surface area contributed by atoms with Crippen molar-refractivity contribution in [2.45, 2.75) is 19.6 Å². The molecule has 5 N–H and O–H groups in total. The molecular weight excluding hydrogens is 494 g/mol. The Morgan fingerprint density at radius 2 is 1.92 bits per heavy atom. The average molecular weight is 532 g/mol. The standard InChI is InChI=1S/C29H37N7O3/c1-19(2)18-39-28(37)21-7-5-6-8-23(21)32-27-26-24(11-12-31-26)33-29(30,34-27)22-10-9-20(17-25(22)38-4)36-15-13-35(3)14-16-36/h5-12,17,19,31,33H,13-16,18,30H2,1-4H3,(H,32,34). The molecule has 206 valence electrons. The third-order valence-corrected chi connectivity index (χ3v) is 7.01. The molecule has 0 radical (unpaired) electrons. The van der Waals surface area contributed by atoms with Crippen LogP contribution in [0, 0.1) is 5.92 Å². The van der Waals surface area contributed by atoms with E-state index in [9.17, 15) is 4.79 Å². The highest BCUT2D eigenvalue weighted by Gasteiger charge is 2.37. The number of hydrogen-bond acceptors (Lipinski definition) is 9. The molecule has 2 aliphatic rings. The predicted molar refractivity (Wildman–Crippen MR) is 155 cm³/mol. The molecule has 3 aromatic rings. The van der Waals surface area contributed by atoms with E-state index < -0.39 is 11.8 Å². The first kappa shape index (κ1) is 26.6. The molecule has 1 unspecified atom stereocenters. The van der Waals surface area contributed by atoms with Crippen molar-refractivity contribution in [3.05, 3.63) is 71.5 Å². The summed E-state index contributed by atoms with van der Waals surface area (Å²) in [5.74, 6) is -0.351. The molecule has 0 saturated carbocycles. The van der Waals surface area contributed by atoms with Gasteiger partial charge in [0.2, 0.25) is 5.79 Å². The van der Waals surface area contributed by atoms with Gasteiger partial charge >= 0.3 is 5.97 Å². The second-order valence-corrected chi connectivity index (χ2v) is 10.5. The van der Waals surface area contributed by atoms with Crippen LogP contribution in [0.25, 0.3) is 0 Å². The number of aromatic amines is 1. The number of nitrogens with zero attached hydrogens (tertiary/aromatic N) is 3. The number of para-hydroxylation sites is 1. The van der Waals surface area contributed by atoms with Crippen molar-refractivity contribution in [3.8, 4) is 5.75 Å². The van der Waals surface area contributed by atoms with Gasteiger partial charge in [0.1, 0.15) is 11.4 Å². The van der Waals surface area contributed by atoms with Gasteiger partial charge in [-0.25, -0.2) is 9.79 Å². The van der Waals surface area contributed by atoms with Crippen LogP contribution in [0.2, 0.25) is 0 Å². The number of amidine groups is 1. The van der Waals surface area contributed by atoms with Crippen LogP contribution in [-0.4, -0.2) is 68.6 Å². The van der Waals surface area contributed by atoms with Crippen molar-refractivity contribution >= 4 is 28.9 Å². The fourth-order valence-corrected chi connectivity index (χ4v) is 4.83. The Labute approximate surface area is 229 Å². The summed E-state index contributed by atoms with van der Waals surface area (Å²) in [6.45, 7) is 8.26. The number of carbonyl (C=O) groups excluding carboxylic acids is 1. The van der Waals surface area contributed by atoms with Gasteiger partial charge < -0.3 is 34.9 Å². The van der Waals surface area contributed by atoms with E-state index in [4.69, 9.17) is 20.2 Å². The molecule has 1 fully saturated rings. The number of esters is 1. The lowest BCUT2D eigenvalue weighted by molar-refractivity contribution is 0.0460. The van der Waals surface area contributed by atoms with Gasteiger partial charge in [0, 0.05) is 44.1 Å². The molecular formula is C29H37N7O3. The lowest BCUT2D eigenvalue weighted by atomic mass is 10.0. The Balaban J connectivity index is 1.48. The third-order valence-electron chi connectivity index (χ3n) is 7.01. The summed E-state index contributed by atoms with van der Waals surface area (Å²) >= 11 is 0. The van der Waals surface area contributed by atoms with E-state index in [2.05, 4.69) is 38.5 Å². The largest absolute Gasteiger partial charge is 0.496 e.